The molecule has 0 aliphatic carbocycles. The molecule has 2 aromatic heterocycles. The number of rotatable bonds is 7. The van der Waals surface area contributed by atoms with E-state index >= 15 is 0 Å². The highest BCUT2D eigenvalue weighted by molar-refractivity contribution is 5.94. The number of hydrogen-bond acceptors (Lipinski definition) is 6. The zero-order valence-electron chi connectivity index (χ0n) is 14.1. The van der Waals surface area contributed by atoms with Crippen LogP contribution >= 0.6 is 0 Å². The number of anilines is 1. The molecule has 1 fully saturated rings. The molecule has 0 saturated carbocycles. The molecule has 3 rings (SSSR count). The lowest BCUT2D eigenvalue weighted by molar-refractivity contribution is 0.0383. The number of pyridine rings is 2. The monoisotopic (exact) mass is 341 g/mol. The molecular formula is C18H23N5O2. The Morgan fingerprint density at radius 2 is 2.12 bits per heavy atom. The lowest BCUT2D eigenvalue weighted by Gasteiger charge is -2.26. The van der Waals surface area contributed by atoms with Gasteiger partial charge in [0.2, 0.25) is 0 Å². The number of hydrogen-bond donors (Lipinski definition) is 2. The topological polar surface area (TPSA) is 79.4 Å². The highest BCUT2D eigenvalue weighted by atomic mass is 16.5. The van der Waals surface area contributed by atoms with Crippen LogP contribution in [0.3, 0.4) is 0 Å². The predicted octanol–water partition coefficient (Wildman–Crippen LogP) is 1.15. The van der Waals surface area contributed by atoms with Gasteiger partial charge in [0.15, 0.2) is 0 Å². The molecule has 3 heterocycles. The maximum atomic E-state index is 12.3. The number of nitrogens with zero attached hydrogens (tertiary/aromatic N) is 3. The van der Waals surface area contributed by atoms with Gasteiger partial charge in [-0.25, -0.2) is 4.98 Å². The maximum Gasteiger partial charge on any atom is 0.251 e. The molecule has 2 N–H and O–H groups in total. The Hall–Kier alpha value is -2.51. The number of nitrogens with one attached hydrogen (secondary N) is 2. The summed E-state index contributed by atoms with van der Waals surface area (Å²) < 4.78 is 5.32. The summed E-state index contributed by atoms with van der Waals surface area (Å²) in [4.78, 5) is 22.9. The average molecular weight is 341 g/mol. The van der Waals surface area contributed by atoms with Gasteiger partial charge in [-0.3, -0.25) is 14.7 Å². The largest absolute Gasteiger partial charge is 0.379 e. The highest BCUT2D eigenvalue weighted by Gasteiger charge is 2.11. The van der Waals surface area contributed by atoms with Gasteiger partial charge < -0.3 is 15.4 Å². The van der Waals surface area contributed by atoms with Gasteiger partial charge in [-0.2, -0.15) is 0 Å². The number of ether oxygens (including phenoxy) is 1. The quantitative estimate of drug-likeness (QED) is 0.786. The van der Waals surface area contributed by atoms with Crippen LogP contribution in [0.15, 0.2) is 42.9 Å². The Bertz CT molecular complexity index is 674. The standard InChI is InChI=1S/C18H23N5O2/c24-18(21-6-7-23-8-10-25-11-9-23)16-3-5-20-17(12-16)22-14-15-2-1-4-19-13-15/h1-5,12-13H,6-11,14H2,(H,20,22)(H,21,24). The molecule has 1 aliphatic heterocycles. The van der Waals surface area contributed by atoms with Crippen LogP contribution in [-0.4, -0.2) is 60.2 Å². The molecule has 0 atom stereocenters. The first kappa shape index (κ1) is 17.3. The van der Waals surface area contributed by atoms with Gasteiger partial charge in [-0.1, -0.05) is 6.07 Å². The van der Waals surface area contributed by atoms with Gasteiger partial charge in [-0.15, -0.1) is 0 Å². The van der Waals surface area contributed by atoms with E-state index in [0.717, 1.165) is 38.4 Å². The number of aromatic nitrogens is 2. The van der Waals surface area contributed by atoms with Crippen molar-refractivity contribution < 1.29 is 9.53 Å². The van der Waals surface area contributed by atoms with Gasteiger partial charge in [0.1, 0.15) is 5.82 Å². The fourth-order valence-electron chi connectivity index (χ4n) is 2.62. The molecule has 7 nitrogen and oxygen atoms in total. The van der Waals surface area contributed by atoms with Crippen LogP contribution in [0.5, 0.6) is 0 Å². The van der Waals surface area contributed by atoms with Crippen molar-refractivity contribution in [2.75, 3.05) is 44.7 Å². The van der Waals surface area contributed by atoms with Crippen LogP contribution in [0.4, 0.5) is 5.82 Å². The fourth-order valence-corrected chi connectivity index (χ4v) is 2.62. The molecular weight excluding hydrogens is 318 g/mol. The minimum absolute atomic E-state index is 0.0833. The van der Waals surface area contributed by atoms with Crippen LogP contribution in [0, 0.1) is 0 Å². The smallest absolute Gasteiger partial charge is 0.251 e. The summed E-state index contributed by atoms with van der Waals surface area (Å²) in [5, 5.41) is 6.17. The third-order valence-corrected chi connectivity index (χ3v) is 4.04. The first-order valence-electron chi connectivity index (χ1n) is 8.48. The summed E-state index contributed by atoms with van der Waals surface area (Å²) in [5.74, 6) is 0.588. The van der Waals surface area contributed by atoms with E-state index in [1.54, 1.807) is 30.7 Å². The lowest BCUT2D eigenvalue weighted by atomic mass is 10.2. The van der Waals surface area contributed by atoms with Crippen molar-refractivity contribution in [1.82, 2.24) is 20.2 Å². The molecule has 1 amide bonds. The third-order valence-electron chi connectivity index (χ3n) is 4.04. The number of carbonyl (C=O) groups excluding carboxylic acids is 1. The molecule has 2 aromatic rings. The molecule has 0 bridgehead atoms. The zero-order chi connectivity index (χ0) is 17.3. The predicted molar refractivity (Wildman–Crippen MR) is 95.4 cm³/mol. The molecule has 0 unspecified atom stereocenters. The first-order valence-corrected chi connectivity index (χ1v) is 8.48. The maximum absolute atomic E-state index is 12.3. The van der Waals surface area contributed by atoms with Gasteiger partial charge in [0.05, 0.1) is 13.2 Å². The van der Waals surface area contributed by atoms with E-state index in [9.17, 15) is 4.79 Å². The van der Waals surface area contributed by atoms with Gasteiger partial charge >= 0.3 is 0 Å². The molecule has 7 heteroatoms. The van der Waals surface area contributed by atoms with Gasteiger partial charge in [0.25, 0.3) is 5.91 Å². The van der Waals surface area contributed by atoms with Crippen molar-refractivity contribution in [3.8, 4) is 0 Å². The molecule has 0 spiro atoms. The minimum Gasteiger partial charge on any atom is -0.379 e. The Morgan fingerprint density at radius 3 is 2.92 bits per heavy atom. The van der Waals surface area contributed by atoms with Crippen molar-refractivity contribution in [3.63, 3.8) is 0 Å². The van der Waals surface area contributed by atoms with Crippen molar-refractivity contribution in [2.24, 2.45) is 0 Å². The Kier molecular flexibility index (Phi) is 6.30. The van der Waals surface area contributed by atoms with E-state index in [0.29, 0.717) is 24.5 Å². The summed E-state index contributed by atoms with van der Waals surface area (Å²) in [6.07, 6.45) is 5.18. The van der Waals surface area contributed by atoms with E-state index in [4.69, 9.17) is 4.74 Å². The van der Waals surface area contributed by atoms with Crippen LogP contribution in [0.1, 0.15) is 15.9 Å². The summed E-state index contributed by atoms with van der Waals surface area (Å²) in [5.41, 5.74) is 1.66. The summed E-state index contributed by atoms with van der Waals surface area (Å²) >= 11 is 0. The number of morpholine rings is 1. The summed E-state index contributed by atoms with van der Waals surface area (Å²) in [7, 11) is 0. The zero-order valence-corrected chi connectivity index (χ0v) is 14.1. The van der Waals surface area contributed by atoms with E-state index in [1.807, 2.05) is 12.1 Å². The second kappa shape index (κ2) is 9.10. The van der Waals surface area contributed by atoms with Crippen LogP contribution in [0.2, 0.25) is 0 Å². The van der Waals surface area contributed by atoms with Crippen molar-refractivity contribution in [1.29, 1.82) is 0 Å². The number of carbonyl (C=O) groups is 1. The van der Waals surface area contributed by atoms with Crippen LogP contribution < -0.4 is 10.6 Å². The van der Waals surface area contributed by atoms with Crippen LogP contribution in [0.25, 0.3) is 0 Å². The van der Waals surface area contributed by atoms with E-state index in [1.165, 1.54) is 0 Å². The van der Waals surface area contributed by atoms with Crippen molar-refractivity contribution in [2.45, 2.75) is 6.54 Å². The fraction of sp³-hybridized carbons (Fsp3) is 0.389. The van der Waals surface area contributed by atoms with E-state index in [-0.39, 0.29) is 5.91 Å². The van der Waals surface area contributed by atoms with Crippen molar-refractivity contribution in [3.05, 3.63) is 54.0 Å². The van der Waals surface area contributed by atoms with E-state index < -0.39 is 0 Å². The Morgan fingerprint density at radius 1 is 1.24 bits per heavy atom. The molecule has 132 valence electrons. The molecule has 0 aromatic carbocycles. The highest BCUT2D eigenvalue weighted by Crippen LogP contribution is 2.08. The normalized spacial score (nSPS) is 14.9. The number of amides is 1. The SMILES string of the molecule is O=C(NCCN1CCOCC1)c1ccnc(NCc2cccnc2)c1. The Balaban J connectivity index is 1.47. The summed E-state index contributed by atoms with van der Waals surface area (Å²) in [6, 6.07) is 7.37. The Labute approximate surface area is 147 Å². The molecule has 1 saturated heterocycles. The third kappa shape index (κ3) is 5.51. The average Bonchev–Trinajstić information content (AvgIpc) is 2.68. The van der Waals surface area contributed by atoms with Gasteiger partial charge in [-0.05, 0) is 23.8 Å². The second-order valence-electron chi connectivity index (χ2n) is 5.85. The van der Waals surface area contributed by atoms with Gasteiger partial charge in [0, 0.05) is 56.9 Å². The summed E-state index contributed by atoms with van der Waals surface area (Å²) in [6.45, 7) is 5.46. The first-order chi connectivity index (χ1) is 12.3. The minimum atomic E-state index is -0.0833. The van der Waals surface area contributed by atoms with E-state index in [2.05, 4.69) is 25.5 Å². The molecule has 25 heavy (non-hydrogen) atoms. The second-order valence-corrected chi connectivity index (χ2v) is 5.85. The molecule has 1 aliphatic rings. The van der Waals surface area contributed by atoms with Crippen molar-refractivity contribution >= 4 is 11.7 Å². The molecule has 0 radical (unpaired) electrons. The lowest BCUT2D eigenvalue weighted by Crippen LogP contribution is -2.41. The van der Waals surface area contributed by atoms with Crippen LogP contribution in [-0.2, 0) is 11.3 Å².